The molecular weight excluding hydrogens is 223 g/mol. The smallest absolute Gasteiger partial charge is 0.264 e. The van der Waals surface area contributed by atoms with Crippen molar-refractivity contribution in [3.8, 4) is 11.3 Å². The predicted octanol–water partition coefficient (Wildman–Crippen LogP) is 2.68. The standard InChI is InChI=1S/C9H6Cl2N2O/c10-6-1-5(2-7(11)3-6)8-4-9(14)13-12-8/h1-4H,(H2,12,13,14). The second-order valence-electron chi connectivity index (χ2n) is 2.83. The molecule has 0 amide bonds. The maximum absolute atomic E-state index is 10.9. The number of halogens is 2. The first-order valence-electron chi connectivity index (χ1n) is 3.89. The maximum Gasteiger partial charge on any atom is 0.264 e. The number of hydrogen-bond acceptors (Lipinski definition) is 1. The summed E-state index contributed by atoms with van der Waals surface area (Å²) >= 11 is 11.6. The Morgan fingerprint density at radius 2 is 1.57 bits per heavy atom. The fourth-order valence-corrected chi connectivity index (χ4v) is 1.72. The maximum atomic E-state index is 10.9. The minimum atomic E-state index is -0.184. The van der Waals surface area contributed by atoms with Gasteiger partial charge in [-0.3, -0.25) is 15.0 Å². The van der Waals surface area contributed by atoms with E-state index in [-0.39, 0.29) is 5.56 Å². The first-order valence-corrected chi connectivity index (χ1v) is 4.65. The lowest BCUT2D eigenvalue weighted by Gasteiger charge is -1.99. The highest BCUT2D eigenvalue weighted by Gasteiger charge is 2.02. The lowest BCUT2D eigenvalue weighted by molar-refractivity contribution is 1.06. The lowest BCUT2D eigenvalue weighted by atomic mass is 10.1. The van der Waals surface area contributed by atoms with Gasteiger partial charge < -0.3 is 0 Å². The molecule has 0 saturated carbocycles. The van der Waals surface area contributed by atoms with Gasteiger partial charge in [0.2, 0.25) is 0 Å². The van der Waals surface area contributed by atoms with Crippen molar-refractivity contribution in [1.82, 2.24) is 10.2 Å². The van der Waals surface area contributed by atoms with E-state index in [9.17, 15) is 4.79 Å². The van der Waals surface area contributed by atoms with Crippen LogP contribution in [0.25, 0.3) is 11.3 Å². The zero-order valence-electron chi connectivity index (χ0n) is 6.97. The normalized spacial score (nSPS) is 10.4. The summed E-state index contributed by atoms with van der Waals surface area (Å²) < 4.78 is 0. The van der Waals surface area contributed by atoms with Crippen LogP contribution in [-0.2, 0) is 0 Å². The van der Waals surface area contributed by atoms with E-state index in [1.54, 1.807) is 18.2 Å². The summed E-state index contributed by atoms with van der Waals surface area (Å²) in [6.45, 7) is 0. The van der Waals surface area contributed by atoms with Gasteiger partial charge >= 0.3 is 0 Å². The van der Waals surface area contributed by atoms with Crippen LogP contribution in [0.5, 0.6) is 0 Å². The van der Waals surface area contributed by atoms with E-state index in [2.05, 4.69) is 10.2 Å². The third kappa shape index (κ3) is 1.84. The van der Waals surface area contributed by atoms with E-state index in [0.29, 0.717) is 15.7 Å². The molecule has 2 N–H and O–H groups in total. The topological polar surface area (TPSA) is 48.6 Å². The molecule has 0 bridgehead atoms. The number of aromatic nitrogens is 2. The number of aromatic amines is 2. The number of H-pyrrole nitrogens is 2. The summed E-state index contributed by atoms with van der Waals surface area (Å²) in [6.07, 6.45) is 0. The van der Waals surface area contributed by atoms with Crippen LogP contribution in [0.3, 0.4) is 0 Å². The summed E-state index contributed by atoms with van der Waals surface area (Å²) in [5, 5.41) is 6.23. The second kappa shape index (κ2) is 3.52. The first kappa shape index (κ1) is 9.37. The van der Waals surface area contributed by atoms with E-state index in [1.807, 2.05) is 0 Å². The summed E-state index contributed by atoms with van der Waals surface area (Å²) in [5.74, 6) is 0. The molecule has 2 aromatic rings. The summed E-state index contributed by atoms with van der Waals surface area (Å²) in [7, 11) is 0. The Hall–Kier alpha value is -1.19. The molecule has 1 aromatic carbocycles. The average molecular weight is 229 g/mol. The van der Waals surface area contributed by atoms with E-state index >= 15 is 0 Å². The van der Waals surface area contributed by atoms with Crippen molar-refractivity contribution in [1.29, 1.82) is 0 Å². The zero-order valence-corrected chi connectivity index (χ0v) is 8.49. The van der Waals surface area contributed by atoms with Crippen LogP contribution in [0.1, 0.15) is 0 Å². The molecule has 0 aliphatic heterocycles. The molecule has 14 heavy (non-hydrogen) atoms. The Labute approximate surface area is 89.7 Å². The second-order valence-corrected chi connectivity index (χ2v) is 3.70. The fraction of sp³-hybridized carbons (Fsp3) is 0. The van der Waals surface area contributed by atoms with Gasteiger partial charge in [-0.15, -0.1) is 0 Å². The molecule has 72 valence electrons. The van der Waals surface area contributed by atoms with Crippen molar-refractivity contribution in [2.45, 2.75) is 0 Å². The van der Waals surface area contributed by atoms with Gasteiger partial charge in [-0.05, 0) is 18.2 Å². The van der Waals surface area contributed by atoms with Gasteiger partial charge in [0.1, 0.15) is 0 Å². The molecule has 2 rings (SSSR count). The van der Waals surface area contributed by atoms with Crippen LogP contribution in [0, 0.1) is 0 Å². The van der Waals surface area contributed by atoms with Gasteiger partial charge in [0.25, 0.3) is 5.56 Å². The molecule has 0 saturated heterocycles. The van der Waals surface area contributed by atoms with E-state index < -0.39 is 0 Å². The SMILES string of the molecule is O=c1cc(-c2cc(Cl)cc(Cl)c2)[nH][nH]1. The third-order valence-corrected chi connectivity index (χ3v) is 2.21. The molecule has 0 atom stereocenters. The highest BCUT2D eigenvalue weighted by atomic mass is 35.5. The lowest BCUT2D eigenvalue weighted by Crippen LogP contribution is -1.93. The molecule has 0 aliphatic rings. The fourth-order valence-electron chi connectivity index (χ4n) is 1.20. The van der Waals surface area contributed by atoms with Crippen molar-refractivity contribution in [2.75, 3.05) is 0 Å². The van der Waals surface area contributed by atoms with Crippen LogP contribution < -0.4 is 5.56 Å². The number of rotatable bonds is 1. The van der Waals surface area contributed by atoms with Crippen molar-refractivity contribution < 1.29 is 0 Å². The number of nitrogens with one attached hydrogen (secondary N) is 2. The Bertz CT molecular complexity index is 495. The summed E-state index contributed by atoms with van der Waals surface area (Å²) in [5.41, 5.74) is 1.26. The van der Waals surface area contributed by atoms with Crippen LogP contribution in [0.15, 0.2) is 29.1 Å². The van der Waals surface area contributed by atoms with E-state index in [0.717, 1.165) is 5.56 Å². The molecular formula is C9H6Cl2N2O. The Kier molecular flexibility index (Phi) is 2.35. The van der Waals surface area contributed by atoms with Crippen molar-refractivity contribution in [2.24, 2.45) is 0 Å². The monoisotopic (exact) mass is 228 g/mol. The molecule has 5 heteroatoms. The van der Waals surface area contributed by atoms with Gasteiger partial charge in [0, 0.05) is 21.7 Å². The quantitative estimate of drug-likeness (QED) is 0.775. The molecule has 0 unspecified atom stereocenters. The highest BCUT2D eigenvalue weighted by molar-refractivity contribution is 6.35. The minimum absolute atomic E-state index is 0.184. The number of hydrogen-bond donors (Lipinski definition) is 2. The largest absolute Gasteiger partial charge is 0.298 e. The third-order valence-electron chi connectivity index (χ3n) is 1.77. The van der Waals surface area contributed by atoms with Crippen molar-refractivity contribution >= 4 is 23.2 Å². The molecule has 0 fully saturated rings. The van der Waals surface area contributed by atoms with Gasteiger partial charge in [0.05, 0.1) is 5.69 Å². The molecule has 0 radical (unpaired) electrons. The van der Waals surface area contributed by atoms with Crippen LogP contribution in [0.4, 0.5) is 0 Å². The van der Waals surface area contributed by atoms with Gasteiger partial charge in [-0.25, -0.2) is 0 Å². The molecule has 1 aromatic heterocycles. The van der Waals surface area contributed by atoms with Crippen molar-refractivity contribution in [3.63, 3.8) is 0 Å². The van der Waals surface area contributed by atoms with Crippen molar-refractivity contribution in [3.05, 3.63) is 44.7 Å². The van der Waals surface area contributed by atoms with Gasteiger partial charge in [-0.2, -0.15) is 0 Å². The summed E-state index contributed by atoms with van der Waals surface area (Å²) in [4.78, 5) is 10.9. The van der Waals surface area contributed by atoms with E-state index in [4.69, 9.17) is 23.2 Å². The Balaban J connectivity index is 2.56. The van der Waals surface area contributed by atoms with Crippen LogP contribution >= 0.6 is 23.2 Å². The minimum Gasteiger partial charge on any atom is -0.298 e. The van der Waals surface area contributed by atoms with Crippen LogP contribution in [-0.4, -0.2) is 10.2 Å². The van der Waals surface area contributed by atoms with Gasteiger partial charge in [0.15, 0.2) is 0 Å². The highest BCUT2D eigenvalue weighted by Crippen LogP contribution is 2.24. The molecule has 3 nitrogen and oxygen atoms in total. The molecule has 1 heterocycles. The average Bonchev–Trinajstić information content (AvgIpc) is 2.50. The van der Waals surface area contributed by atoms with Gasteiger partial charge in [-0.1, -0.05) is 23.2 Å². The predicted molar refractivity (Wildman–Crippen MR) is 56.9 cm³/mol. The van der Waals surface area contributed by atoms with Crippen LogP contribution in [0.2, 0.25) is 10.0 Å². The molecule has 0 spiro atoms. The Morgan fingerprint density at radius 3 is 2.07 bits per heavy atom. The molecule has 0 aliphatic carbocycles. The zero-order chi connectivity index (χ0) is 10.1. The Morgan fingerprint density at radius 1 is 0.929 bits per heavy atom. The first-order chi connectivity index (χ1) is 6.65. The number of benzene rings is 1. The van der Waals surface area contributed by atoms with E-state index in [1.165, 1.54) is 6.07 Å². The summed E-state index contributed by atoms with van der Waals surface area (Å²) in [6, 6.07) is 6.54.